The van der Waals surface area contributed by atoms with Crippen molar-refractivity contribution in [1.82, 2.24) is 10.2 Å². The van der Waals surface area contributed by atoms with Crippen molar-refractivity contribution in [2.24, 2.45) is 0 Å². The number of carbonyl (C=O) groups excluding carboxylic acids is 1. The van der Waals surface area contributed by atoms with Gasteiger partial charge in [0.25, 0.3) is 0 Å². The van der Waals surface area contributed by atoms with Crippen molar-refractivity contribution in [3.8, 4) is 5.75 Å². The van der Waals surface area contributed by atoms with Crippen molar-refractivity contribution in [2.75, 3.05) is 26.3 Å². The predicted molar refractivity (Wildman–Crippen MR) is 89.9 cm³/mol. The Hall–Kier alpha value is -2.60. The minimum atomic E-state index is -0.317. The van der Waals surface area contributed by atoms with Crippen LogP contribution in [0.1, 0.15) is 23.3 Å². The second kappa shape index (κ2) is 6.72. The molecular weight excluding hydrogens is 323 g/mol. The Kier molecular flexibility index (Phi) is 4.28. The van der Waals surface area contributed by atoms with Gasteiger partial charge in [0.15, 0.2) is 0 Å². The normalized spacial score (nSPS) is 22.2. The van der Waals surface area contributed by atoms with Gasteiger partial charge in [0, 0.05) is 12.1 Å². The van der Waals surface area contributed by atoms with E-state index in [-0.39, 0.29) is 24.0 Å². The summed E-state index contributed by atoms with van der Waals surface area (Å²) in [5, 5.41) is 3.02. The number of amides is 2. The van der Waals surface area contributed by atoms with Crippen LogP contribution in [-0.2, 0) is 4.74 Å². The summed E-state index contributed by atoms with van der Waals surface area (Å²) < 4.78 is 24.7. The summed E-state index contributed by atoms with van der Waals surface area (Å²) in [5.41, 5.74) is 1.73. The van der Waals surface area contributed by atoms with E-state index in [1.54, 1.807) is 11.0 Å². The van der Waals surface area contributed by atoms with Crippen LogP contribution in [0.2, 0.25) is 0 Å². The lowest BCUT2D eigenvalue weighted by atomic mass is 10.1. The lowest BCUT2D eigenvalue weighted by Gasteiger charge is -2.33. The quantitative estimate of drug-likeness (QED) is 0.913. The third-order valence-corrected chi connectivity index (χ3v) is 4.57. The fraction of sp³-hybridized carbons (Fsp3) is 0.316. The van der Waals surface area contributed by atoms with Crippen molar-refractivity contribution in [3.05, 3.63) is 65.5 Å². The SMILES string of the molecule is O=C(NC1COc2ccccc21)N1CCOC(c2cccc(F)c2)C1. The molecule has 0 aromatic heterocycles. The van der Waals surface area contributed by atoms with Crippen LogP contribution >= 0.6 is 0 Å². The Labute approximate surface area is 145 Å². The molecular formula is C19H19FN2O3. The molecule has 0 aliphatic carbocycles. The fourth-order valence-electron chi connectivity index (χ4n) is 3.26. The van der Waals surface area contributed by atoms with E-state index in [9.17, 15) is 9.18 Å². The zero-order chi connectivity index (χ0) is 17.2. The molecule has 2 atom stereocenters. The Morgan fingerprint density at radius 2 is 2.08 bits per heavy atom. The van der Waals surface area contributed by atoms with E-state index in [1.165, 1.54) is 12.1 Å². The maximum Gasteiger partial charge on any atom is 0.318 e. The van der Waals surface area contributed by atoms with Gasteiger partial charge in [-0.25, -0.2) is 9.18 Å². The summed E-state index contributed by atoms with van der Waals surface area (Å²) in [6.45, 7) is 1.76. The highest BCUT2D eigenvalue weighted by atomic mass is 19.1. The number of fused-ring (bicyclic) bond motifs is 1. The minimum absolute atomic E-state index is 0.154. The first-order chi connectivity index (χ1) is 12.2. The van der Waals surface area contributed by atoms with Gasteiger partial charge in [-0.1, -0.05) is 30.3 Å². The summed E-state index contributed by atoms with van der Waals surface area (Å²) in [7, 11) is 0. The second-order valence-electron chi connectivity index (χ2n) is 6.21. The first kappa shape index (κ1) is 15.9. The van der Waals surface area contributed by atoms with Crippen LogP contribution < -0.4 is 10.1 Å². The molecule has 0 bridgehead atoms. The molecule has 130 valence electrons. The zero-order valence-electron chi connectivity index (χ0n) is 13.7. The summed E-state index contributed by atoms with van der Waals surface area (Å²) >= 11 is 0. The van der Waals surface area contributed by atoms with Crippen LogP contribution in [-0.4, -0.2) is 37.2 Å². The number of morpholine rings is 1. The Balaban J connectivity index is 1.42. The van der Waals surface area contributed by atoms with E-state index in [2.05, 4.69) is 5.32 Å². The van der Waals surface area contributed by atoms with E-state index < -0.39 is 0 Å². The van der Waals surface area contributed by atoms with Gasteiger partial charge in [0.1, 0.15) is 24.3 Å². The molecule has 25 heavy (non-hydrogen) atoms. The molecule has 2 heterocycles. The maximum absolute atomic E-state index is 13.4. The molecule has 4 rings (SSSR count). The number of hydrogen-bond acceptors (Lipinski definition) is 3. The number of hydrogen-bond donors (Lipinski definition) is 1. The number of halogens is 1. The largest absolute Gasteiger partial charge is 0.491 e. The first-order valence-electron chi connectivity index (χ1n) is 8.35. The molecule has 2 unspecified atom stereocenters. The molecule has 0 spiro atoms. The first-order valence-corrected chi connectivity index (χ1v) is 8.35. The van der Waals surface area contributed by atoms with Gasteiger partial charge in [-0.2, -0.15) is 0 Å². The summed E-state index contributed by atoms with van der Waals surface area (Å²) in [6, 6.07) is 13.7. The van der Waals surface area contributed by atoms with Crippen molar-refractivity contribution in [3.63, 3.8) is 0 Å². The molecule has 5 nitrogen and oxygen atoms in total. The van der Waals surface area contributed by atoms with Gasteiger partial charge in [0.2, 0.25) is 0 Å². The lowest BCUT2D eigenvalue weighted by molar-refractivity contribution is -0.0159. The Bertz CT molecular complexity index is 783. The smallest absolute Gasteiger partial charge is 0.318 e. The van der Waals surface area contributed by atoms with E-state index in [0.29, 0.717) is 26.3 Å². The topological polar surface area (TPSA) is 50.8 Å². The summed E-state index contributed by atoms with van der Waals surface area (Å²) in [6.07, 6.45) is -0.317. The van der Waals surface area contributed by atoms with E-state index in [1.807, 2.05) is 30.3 Å². The summed E-state index contributed by atoms with van der Waals surface area (Å²) in [5.74, 6) is 0.509. The highest BCUT2D eigenvalue weighted by Gasteiger charge is 2.30. The molecule has 2 aliphatic rings. The molecule has 2 aliphatic heterocycles. The van der Waals surface area contributed by atoms with E-state index in [4.69, 9.17) is 9.47 Å². The lowest BCUT2D eigenvalue weighted by Crippen LogP contribution is -2.48. The second-order valence-corrected chi connectivity index (χ2v) is 6.21. The van der Waals surface area contributed by atoms with Gasteiger partial charge in [-0.15, -0.1) is 0 Å². The van der Waals surface area contributed by atoms with Crippen LogP contribution in [0.5, 0.6) is 5.75 Å². The molecule has 6 heteroatoms. The third-order valence-electron chi connectivity index (χ3n) is 4.57. The van der Waals surface area contributed by atoms with Crippen molar-refractivity contribution in [2.45, 2.75) is 12.1 Å². The van der Waals surface area contributed by atoms with Crippen LogP contribution in [0.15, 0.2) is 48.5 Å². The maximum atomic E-state index is 13.4. The van der Waals surface area contributed by atoms with Gasteiger partial charge < -0.3 is 19.7 Å². The molecule has 1 fully saturated rings. The average molecular weight is 342 g/mol. The zero-order valence-corrected chi connectivity index (χ0v) is 13.7. The van der Waals surface area contributed by atoms with E-state index in [0.717, 1.165) is 16.9 Å². The number of ether oxygens (including phenoxy) is 2. The number of nitrogens with one attached hydrogen (secondary N) is 1. The molecule has 1 N–H and O–H groups in total. The van der Waals surface area contributed by atoms with Crippen molar-refractivity contribution >= 4 is 6.03 Å². The monoisotopic (exact) mass is 342 g/mol. The van der Waals surface area contributed by atoms with Gasteiger partial charge in [0.05, 0.1) is 19.2 Å². The fourth-order valence-corrected chi connectivity index (χ4v) is 3.26. The van der Waals surface area contributed by atoms with Gasteiger partial charge >= 0.3 is 6.03 Å². The molecule has 2 aromatic rings. The molecule has 2 amide bonds. The average Bonchev–Trinajstić information content (AvgIpc) is 3.05. The van der Waals surface area contributed by atoms with Crippen molar-refractivity contribution < 1.29 is 18.7 Å². The van der Waals surface area contributed by atoms with Gasteiger partial charge in [-0.05, 0) is 23.8 Å². The third kappa shape index (κ3) is 3.30. The van der Waals surface area contributed by atoms with Crippen LogP contribution in [0, 0.1) is 5.82 Å². The van der Waals surface area contributed by atoms with Crippen LogP contribution in [0.4, 0.5) is 9.18 Å². The molecule has 0 saturated carbocycles. The number of urea groups is 1. The highest BCUT2D eigenvalue weighted by Crippen LogP contribution is 2.32. The molecule has 2 aromatic carbocycles. The Morgan fingerprint density at radius 3 is 2.96 bits per heavy atom. The number of para-hydroxylation sites is 1. The van der Waals surface area contributed by atoms with Crippen LogP contribution in [0.3, 0.4) is 0 Å². The highest BCUT2D eigenvalue weighted by molar-refractivity contribution is 5.75. The number of carbonyl (C=O) groups is 1. The van der Waals surface area contributed by atoms with E-state index >= 15 is 0 Å². The van der Waals surface area contributed by atoms with Crippen LogP contribution in [0.25, 0.3) is 0 Å². The minimum Gasteiger partial charge on any atom is -0.491 e. The predicted octanol–water partition coefficient (Wildman–Crippen LogP) is 3.04. The standard InChI is InChI=1S/C19H19FN2O3/c20-14-5-3-4-13(10-14)18-11-22(8-9-24-18)19(23)21-16-12-25-17-7-2-1-6-15(16)17/h1-7,10,16,18H,8-9,11-12H2,(H,21,23). The van der Waals surface area contributed by atoms with Gasteiger partial charge in [-0.3, -0.25) is 0 Å². The number of rotatable bonds is 2. The molecule has 1 saturated heterocycles. The molecule has 0 radical (unpaired) electrons. The van der Waals surface area contributed by atoms with Crippen molar-refractivity contribution in [1.29, 1.82) is 0 Å². The Morgan fingerprint density at radius 1 is 1.20 bits per heavy atom. The summed E-state index contributed by atoms with van der Waals surface area (Å²) in [4.78, 5) is 14.3. The number of benzene rings is 2. The number of nitrogens with zero attached hydrogens (tertiary/aromatic N) is 1.